The van der Waals surface area contributed by atoms with E-state index in [9.17, 15) is 26.3 Å². The van der Waals surface area contributed by atoms with Gasteiger partial charge in [0.2, 0.25) is 0 Å². The molecular formula is C6H9F6NO3S2. The molecule has 110 valence electrons. The highest BCUT2D eigenvalue weighted by molar-refractivity contribution is 8.13. The summed E-state index contributed by atoms with van der Waals surface area (Å²) in [5.41, 5.74) is -5.65. The first-order valence-corrected chi connectivity index (χ1v) is 6.45. The number of hydrogen-bond acceptors (Lipinski definition) is 4. The van der Waals surface area contributed by atoms with E-state index >= 15 is 0 Å². The van der Waals surface area contributed by atoms with Crippen molar-refractivity contribution in [2.75, 3.05) is 20.4 Å². The minimum Gasteiger partial charge on any atom is -0.741 e. The van der Waals surface area contributed by atoms with Gasteiger partial charge in [0.25, 0.3) is 0 Å². The van der Waals surface area contributed by atoms with Crippen molar-refractivity contribution >= 4 is 26.9 Å². The third kappa shape index (κ3) is 7.76. The number of thioether (sulfide) groups is 1. The maximum absolute atomic E-state index is 11.9. The van der Waals surface area contributed by atoms with Crippen molar-refractivity contribution in [1.82, 2.24) is 0 Å². The first-order chi connectivity index (χ1) is 7.64. The molecule has 0 aliphatic carbocycles. The van der Waals surface area contributed by atoms with Crippen molar-refractivity contribution in [3.63, 3.8) is 0 Å². The van der Waals surface area contributed by atoms with Gasteiger partial charge in [0, 0.05) is 0 Å². The van der Waals surface area contributed by atoms with Gasteiger partial charge in [-0.2, -0.15) is 26.3 Å². The number of alkyl halides is 6. The van der Waals surface area contributed by atoms with Crippen molar-refractivity contribution in [3.8, 4) is 0 Å². The van der Waals surface area contributed by atoms with Gasteiger partial charge in [-0.3, -0.25) is 0 Å². The minimum absolute atomic E-state index is 0.576. The lowest BCUT2D eigenvalue weighted by Crippen LogP contribution is -2.27. The summed E-state index contributed by atoms with van der Waals surface area (Å²) in [6.07, 6.45) is -2.80. The van der Waals surface area contributed by atoms with Gasteiger partial charge in [-0.1, -0.05) is 11.8 Å². The van der Waals surface area contributed by atoms with Gasteiger partial charge in [0.05, 0.1) is 0 Å². The monoisotopic (exact) mass is 321 g/mol. The van der Waals surface area contributed by atoms with E-state index in [1.165, 1.54) is 20.4 Å². The number of nitrogens with zero attached hydrogens (tertiary/aromatic N) is 1. The van der Waals surface area contributed by atoms with Crippen LogP contribution in [-0.4, -0.2) is 54.6 Å². The van der Waals surface area contributed by atoms with E-state index < -0.39 is 26.8 Å². The molecule has 0 aliphatic heterocycles. The second-order valence-electron chi connectivity index (χ2n) is 2.80. The highest BCUT2D eigenvalue weighted by Crippen LogP contribution is 2.22. The Morgan fingerprint density at radius 1 is 1.11 bits per heavy atom. The fourth-order valence-corrected chi connectivity index (χ4v) is 1.15. The Morgan fingerprint density at radius 3 is 1.39 bits per heavy atom. The Labute approximate surface area is 103 Å². The van der Waals surface area contributed by atoms with Crippen molar-refractivity contribution in [2.24, 2.45) is 0 Å². The second kappa shape index (κ2) is 6.61. The first-order valence-electron chi connectivity index (χ1n) is 3.82. The molecule has 0 atom stereocenters. The van der Waals surface area contributed by atoms with E-state index in [-0.39, 0.29) is 0 Å². The van der Waals surface area contributed by atoms with Crippen LogP contribution in [0.15, 0.2) is 0 Å². The zero-order valence-electron chi connectivity index (χ0n) is 9.26. The molecule has 0 radical (unpaired) electrons. The quantitative estimate of drug-likeness (QED) is 0.170. The molecule has 0 bridgehead atoms. The van der Waals surface area contributed by atoms with Crippen LogP contribution in [0.1, 0.15) is 0 Å². The molecule has 4 nitrogen and oxygen atoms in total. The lowest BCUT2D eigenvalue weighted by atomic mass is 10.7. The fourth-order valence-electron chi connectivity index (χ4n) is 0.552. The van der Waals surface area contributed by atoms with Gasteiger partial charge >= 0.3 is 16.7 Å². The lowest BCUT2D eigenvalue weighted by Gasteiger charge is -2.08. The standard InChI is InChI=1S/C5H9F3NS.CHF3O3S/c1-9(2)4(10-3)5(6,7)8;2-1(3,4)8(5,6)7/h1-3H3;(H,5,6,7)/q+1;/p-1. The predicted molar refractivity (Wildman–Crippen MR) is 52.4 cm³/mol. The summed E-state index contributed by atoms with van der Waals surface area (Å²) >= 11 is 0.703. The molecule has 0 spiro atoms. The Bertz CT molecular complexity index is 393. The third-order valence-corrected chi connectivity index (χ3v) is 2.68. The van der Waals surface area contributed by atoms with Crippen LogP contribution >= 0.6 is 11.8 Å². The summed E-state index contributed by atoms with van der Waals surface area (Å²) in [6.45, 7) is 0. The highest BCUT2D eigenvalue weighted by atomic mass is 32.2. The molecule has 0 aromatic carbocycles. The van der Waals surface area contributed by atoms with E-state index in [4.69, 9.17) is 13.0 Å². The zero-order valence-corrected chi connectivity index (χ0v) is 10.9. The molecule has 0 rings (SSSR count). The summed E-state index contributed by atoms with van der Waals surface area (Å²) in [7, 11) is -3.34. The lowest BCUT2D eigenvalue weighted by molar-refractivity contribution is -0.469. The van der Waals surface area contributed by atoms with Crippen molar-refractivity contribution in [2.45, 2.75) is 11.7 Å². The zero-order chi connectivity index (χ0) is 15.4. The van der Waals surface area contributed by atoms with Gasteiger partial charge < -0.3 is 4.55 Å². The molecule has 18 heavy (non-hydrogen) atoms. The minimum atomic E-state index is -6.09. The van der Waals surface area contributed by atoms with E-state index in [0.29, 0.717) is 11.8 Å². The maximum Gasteiger partial charge on any atom is 0.485 e. The molecule has 0 N–H and O–H groups in total. The second-order valence-corrected chi connectivity index (χ2v) is 4.97. The maximum atomic E-state index is 11.9. The molecule has 0 heterocycles. The van der Waals surface area contributed by atoms with Crippen LogP contribution in [-0.2, 0) is 10.1 Å². The molecule has 0 saturated carbocycles. The largest absolute Gasteiger partial charge is 0.741 e. The molecule has 0 fully saturated rings. The molecule has 0 amide bonds. The van der Waals surface area contributed by atoms with Gasteiger partial charge in [0.15, 0.2) is 10.1 Å². The molecule has 0 aliphatic rings. The van der Waals surface area contributed by atoms with Crippen LogP contribution in [0.25, 0.3) is 0 Å². The van der Waals surface area contributed by atoms with E-state index in [1.807, 2.05) is 0 Å². The molecule has 0 aromatic heterocycles. The summed E-state index contributed by atoms with van der Waals surface area (Å²) in [5.74, 6) is 0. The third-order valence-electron chi connectivity index (χ3n) is 1.13. The summed E-state index contributed by atoms with van der Waals surface area (Å²) in [5, 5.41) is -0.576. The molecule has 0 saturated heterocycles. The van der Waals surface area contributed by atoms with Crippen molar-refractivity contribution in [3.05, 3.63) is 0 Å². The van der Waals surface area contributed by atoms with Gasteiger partial charge in [-0.05, 0) is 6.26 Å². The van der Waals surface area contributed by atoms with Crippen LogP contribution in [0.4, 0.5) is 26.3 Å². The van der Waals surface area contributed by atoms with Crippen molar-refractivity contribution in [1.29, 1.82) is 0 Å². The molecule has 12 heteroatoms. The summed E-state index contributed by atoms with van der Waals surface area (Å²) in [6, 6.07) is 0. The Balaban J connectivity index is 0. The van der Waals surface area contributed by atoms with E-state index in [1.54, 1.807) is 0 Å². The van der Waals surface area contributed by atoms with E-state index in [2.05, 4.69) is 0 Å². The molecular weight excluding hydrogens is 312 g/mol. The van der Waals surface area contributed by atoms with E-state index in [0.717, 1.165) is 4.58 Å². The highest BCUT2D eigenvalue weighted by Gasteiger charge is 2.41. The SMILES string of the molecule is CSC(=[N+](C)C)C(F)(F)F.O=S(=O)([O-])C(F)(F)F. The Morgan fingerprint density at radius 2 is 1.39 bits per heavy atom. The van der Waals surface area contributed by atoms with Crippen LogP contribution < -0.4 is 0 Å². The van der Waals surface area contributed by atoms with Crippen LogP contribution in [0.2, 0.25) is 0 Å². The number of halogens is 6. The average molecular weight is 321 g/mol. The Hall–Kier alpha value is -0.490. The van der Waals surface area contributed by atoms with Crippen LogP contribution in [0.3, 0.4) is 0 Å². The van der Waals surface area contributed by atoms with Crippen LogP contribution in [0, 0.1) is 0 Å². The fraction of sp³-hybridized carbons (Fsp3) is 0.833. The number of hydrogen-bond donors (Lipinski definition) is 0. The van der Waals surface area contributed by atoms with Gasteiger partial charge in [0.1, 0.15) is 14.1 Å². The first kappa shape index (κ1) is 19.8. The average Bonchev–Trinajstić information content (AvgIpc) is 1.97. The van der Waals surface area contributed by atoms with Gasteiger partial charge in [-0.25, -0.2) is 13.0 Å². The smallest absolute Gasteiger partial charge is 0.485 e. The van der Waals surface area contributed by atoms with Crippen LogP contribution in [0.5, 0.6) is 0 Å². The van der Waals surface area contributed by atoms with Crippen molar-refractivity contribution < 1.29 is 43.9 Å². The summed E-state index contributed by atoms with van der Waals surface area (Å²) in [4.78, 5) is 0. The predicted octanol–water partition coefficient (Wildman–Crippen LogP) is 1.63. The Kier molecular flexibility index (Phi) is 7.29. The molecule has 0 aromatic rings. The topological polar surface area (TPSA) is 60.2 Å². The normalized spacial score (nSPS) is 12.6. The number of rotatable bonds is 0. The van der Waals surface area contributed by atoms with Gasteiger partial charge in [-0.15, -0.1) is 0 Å². The molecule has 0 unspecified atom stereocenters. The summed E-state index contributed by atoms with van der Waals surface area (Å²) < 4.78 is 95.6.